The zero-order valence-corrected chi connectivity index (χ0v) is 17.7. The van der Waals surface area contributed by atoms with Crippen LogP contribution in [0.25, 0.3) is 17.4 Å². The highest BCUT2D eigenvalue weighted by molar-refractivity contribution is 8.18. The average molecular weight is 451 g/mol. The Labute approximate surface area is 187 Å². The van der Waals surface area contributed by atoms with Crippen molar-refractivity contribution in [1.82, 2.24) is 4.90 Å². The van der Waals surface area contributed by atoms with Gasteiger partial charge in [0, 0.05) is 16.7 Å². The second-order valence-corrected chi connectivity index (χ2v) is 7.92. The van der Waals surface area contributed by atoms with Crippen molar-refractivity contribution in [3.63, 3.8) is 0 Å². The van der Waals surface area contributed by atoms with E-state index in [0.717, 1.165) is 16.7 Å². The highest BCUT2D eigenvalue weighted by atomic mass is 35.5. The summed E-state index contributed by atoms with van der Waals surface area (Å²) in [5, 5.41) is 9.49. The summed E-state index contributed by atoms with van der Waals surface area (Å²) < 4.78 is 11.4. The predicted molar refractivity (Wildman–Crippen MR) is 118 cm³/mol. The first-order valence-electron chi connectivity index (χ1n) is 9.28. The molecular weight excluding hydrogens is 436 g/mol. The van der Waals surface area contributed by atoms with Crippen LogP contribution < -0.4 is 4.74 Å². The number of ether oxygens (including phenoxy) is 1. The van der Waals surface area contributed by atoms with Crippen molar-refractivity contribution in [2.45, 2.75) is 0 Å². The Hall–Kier alpha value is -3.47. The lowest BCUT2D eigenvalue weighted by Crippen LogP contribution is -2.32. The molecule has 0 spiro atoms. The lowest BCUT2D eigenvalue weighted by Gasteiger charge is -2.13. The van der Waals surface area contributed by atoms with Gasteiger partial charge >= 0.3 is 0 Å². The first kappa shape index (κ1) is 20.8. The molecule has 2 heterocycles. The second-order valence-electron chi connectivity index (χ2n) is 6.50. The lowest BCUT2D eigenvalue weighted by atomic mass is 10.1. The summed E-state index contributed by atoms with van der Waals surface area (Å²) in [5.41, 5.74) is 1.15. The van der Waals surface area contributed by atoms with E-state index in [1.54, 1.807) is 54.6 Å². The minimum atomic E-state index is -0.398. The number of furan rings is 1. The van der Waals surface area contributed by atoms with Crippen molar-refractivity contribution in [2.75, 3.05) is 13.2 Å². The third-order valence-corrected chi connectivity index (χ3v) is 5.64. The normalized spacial score (nSPS) is 14.8. The predicted octanol–water partition coefficient (Wildman–Crippen LogP) is 5.59. The minimum absolute atomic E-state index is 0.129. The van der Waals surface area contributed by atoms with E-state index < -0.39 is 5.91 Å². The molecule has 1 aromatic heterocycles. The molecule has 0 N–H and O–H groups in total. The maximum Gasteiger partial charge on any atom is 0.293 e. The van der Waals surface area contributed by atoms with Gasteiger partial charge in [-0.2, -0.15) is 5.26 Å². The van der Waals surface area contributed by atoms with Crippen molar-refractivity contribution >= 4 is 40.6 Å². The van der Waals surface area contributed by atoms with E-state index in [1.807, 2.05) is 6.07 Å². The topological polar surface area (TPSA) is 83.5 Å². The van der Waals surface area contributed by atoms with Crippen molar-refractivity contribution in [2.24, 2.45) is 0 Å². The van der Waals surface area contributed by atoms with Crippen LogP contribution in [0.3, 0.4) is 0 Å². The molecule has 0 unspecified atom stereocenters. The number of benzene rings is 2. The number of carbonyl (C=O) groups excluding carboxylic acids is 2. The van der Waals surface area contributed by atoms with Gasteiger partial charge in [0.15, 0.2) is 0 Å². The summed E-state index contributed by atoms with van der Waals surface area (Å²) in [6.45, 7) is 0.298. The maximum atomic E-state index is 12.6. The van der Waals surface area contributed by atoms with Crippen LogP contribution in [0.15, 0.2) is 70.0 Å². The molecule has 31 heavy (non-hydrogen) atoms. The highest BCUT2D eigenvalue weighted by Gasteiger charge is 2.35. The molecule has 4 rings (SSSR count). The van der Waals surface area contributed by atoms with Gasteiger partial charge < -0.3 is 9.15 Å². The zero-order valence-electron chi connectivity index (χ0n) is 16.1. The van der Waals surface area contributed by atoms with Crippen molar-refractivity contribution in [3.05, 3.63) is 81.9 Å². The van der Waals surface area contributed by atoms with Crippen LogP contribution in [0, 0.1) is 11.3 Å². The van der Waals surface area contributed by atoms with Gasteiger partial charge in [-0.05, 0) is 60.3 Å². The third-order valence-electron chi connectivity index (χ3n) is 4.48. The van der Waals surface area contributed by atoms with E-state index in [4.69, 9.17) is 20.8 Å². The molecule has 8 heteroatoms. The van der Waals surface area contributed by atoms with Crippen LogP contribution in [0.1, 0.15) is 11.3 Å². The summed E-state index contributed by atoms with van der Waals surface area (Å²) in [5.74, 6) is 1.14. The fourth-order valence-electron chi connectivity index (χ4n) is 2.98. The Bertz CT molecular complexity index is 1210. The van der Waals surface area contributed by atoms with Crippen LogP contribution >= 0.6 is 23.4 Å². The summed E-state index contributed by atoms with van der Waals surface area (Å²) in [4.78, 5) is 26.3. The molecule has 1 aliphatic rings. The lowest BCUT2D eigenvalue weighted by molar-refractivity contribution is -0.123. The number of hydrogen-bond acceptors (Lipinski definition) is 6. The molecule has 0 saturated carbocycles. The van der Waals surface area contributed by atoms with Crippen LogP contribution in [-0.2, 0) is 4.79 Å². The van der Waals surface area contributed by atoms with Gasteiger partial charge in [-0.25, -0.2) is 0 Å². The summed E-state index contributed by atoms with van der Waals surface area (Å²) in [6, 6.07) is 19.5. The first-order valence-corrected chi connectivity index (χ1v) is 10.5. The number of nitriles is 1. The second kappa shape index (κ2) is 9.13. The summed E-state index contributed by atoms with van der Waals surface area (Å²) in [7, 11) is 0. The van der Waals surface area contributed by atoms with Crippen molar-refractivity contribution in [1.29, 1.82) is 5.26 Å². The largest absolute Gasteiger partial charge is 0.492 e. The SMILES string of the molecule is N#Cc1ccccc1-c1ccc(/C=C2\SC(=O)N(CCOc3ccc(Cl)cc3)C2=O)o1. The van der Waals surface area contributed by atoms with E-state index in [1.165, 1.54) is 6.08 Å². The monoisotopic (exact) mass is 450 g/mol. The average Bonchev–Trinajstić information content (AvgIpc) is 3.35. The Balaban J connectivity index is 1.43. The first-order chi connectivity index (χ1) is 15.0. The molecule has 154 valence electrons. The fourth-order valence-corrected chi connectivity index (χ4v) is 3.95. The van der Waals surface area contributed by atoms with Gasteiger partial charge in [0.1, 0.15) is 23.9 Å². The Morgan fingerprint density at radius 1 is 1.10 bits per heavy atom. The number of thioether (sulfide) groups is 1. The van der Waals surface area contributed by atoms with Gasteiger partial charge in [0.05, 0.1) is 23.1 Å². The molecule has 1 fully saturated rings. The molecule has 3 aromatic rings. The molecule has 0 radical (unpaired) electrons. The summed E-state index contributed by atoms with van der Waals surface area (Å²) in [6.07, 6.45) is 1.53. The molecule has 1 saturated heterocycles. The number of carbonyl (C=O) groups is 2. The number of amides is 2. The minimum Gasteiger partial charge on any atom is -0.492 e. The van der Waals surface area contributed by atoms with E-state index in [9.17, 15) is 14.9 Å². The fraction of sp³-hybridized carbons (Fsp3) is 0.0870. The quantitative estimate of drug-likeness (QED) is 0.455. The molecule has 2 amide bonds. The molecular formula is C23H15ClN2O4S. The summed E-state index contributed by atoms with van der Waals surface area (Å²) >= 11 is 6.69. The van der Waals surface area contributed by atoms with Gasteiger partial charge in [-0.15, -0.1) is 0 Å². The number of halogens is 1. The number of imide groups is 1. The van der Waals surface area contributed by atoms with Crippen LogP contribution in [0.4, 0.5) is 4.79 Å². The smallest absolute Gasteiger partial charge is 0.293 e. The Morgan fingerprint density at radius 3 is 2.65 bits per heavy atom. The van der Waals surface area contributed by atoms with Gasteiger partial charge in [0.25, 0.3) is 11.1 Å². The van der Waals surface area contributed by atoms with E-state index >= 15 is 0 Å². The van der Waals surface area contributed by atoms with Gasteiger partial charge in [0.2, 0.25) is 0 Å². The molecule has 1 aliphatic heterocycles. The van der Waals surface area contributed by atoms with E-state index in [2.05, 4.69) is 6.07 Å². The Morgan fingerprint density at radius 2 is 1.87 bits per heavy atom. The Kier molecular flexibility index (Phi) is 6.12. The standard InChI is InChI=1S/C23H15ClN2O4S/c24-16-5-7-17(8-6-16)29-12-11-26-22(27)21(31-23(26)28)13-18-9-10-20(30-18)19-4-2-1-3-15(19)14-25/h1-10,13H,11-12H2/b21-13-. The molecule has 0 aliphatic carbocycles. The highest BCUT2D eigenvalue weighted by Crippen LogP contribution is 2.33. The van der Waals surface area contributed by atoms with Crippen molar-refractivity contribution in [3.8, 4) is 23.1 Å². The number of rotatable bonds is 6. The molecule has 6 nitrogen and oxygen atoms in total. The van der Waals surface area contributed by atoms with Crippen LogP contribution in [0.5, 0.6) is 5.75 Å². The van der Waals surface area contributed by atoms with E-state index in [-0.39, 0.29) is 23.3 Å². The molecule has 2 aromatic carbocycles. The number of hydrogen-bond donors (Lipinski definition) is 0. The zero-order chi connectivity index (χ0) is 21.8. The molecule has 0 atom stereocenters. The third kappa shape index (κ3) is 4.66. The van der Waals surface area contributed by atoms with Crippen LogP contribution in [0.2, 0.25) is 5.02 Å². The van der Waals surface area contributed by atoms with Crippen molar-refractivity contribution < 1.29 is 18.7 Å². The maximum absolute atomic E-state index is 12.6. The van der Waals surface area contributed by atoms with E-state index in [0.29, 0.717) is 33.4 Å². The van der Waals surface area contributed by atoms with Gasteiger partial charge in [-0.3, -0.25) is 14.5 Å². The van der Waals surface area contributed by atoms with Crippen LogP contribution in [-0.4, -0.2) is 29.2 Å². The number of nitrogens with zero attached hydrogens (tertiary/aromatic N) is 2. The molecule has 0 bridgehead atoms. The van der Waals surface area contributed by atoms with Gasteiger partial charge in [-0.1, -0.05) is 23.7 Å².